The first-order chi connectivity index (χ1) is 11.7. The van der Waals surface area contributed by atoms with Crippen LogP contribution in [0.1, 0.15) is 19.0 Å². The second kappa shape index (κ2) is 7.92. The van der Waals surface area contributed by atoms with Crippen molar-refractivity contribution in [1.29, 1.82) is 0 Å². The first-order valence-electron chi connectivity index (χ1n) is 8.25. The van der Waals surface area contributed by atoms with Gasteiger partial charge in [-0.3, -0.25) is 19.4 Å². The summed E-state index contributed by atoms with van der Waals surface area (Å²) in [6.07, 6.45) is 6.72. The predicted molar refractivity (Wildman–Crippen MR) is 89.5 cm³/mol. The number of likely N-dealkylation sites (tertiary alicyclic amines) is 1. The van der Waals surface area contributed by atoms with Gasteiger partial charge in [-0.1, -0.05) is 0 Å². The Labute approximate surface area is 141 Å². The maximum absolute atomic E-state index is 11.0. The number of pyridine rings is 1. The molecule has 1 unspecified atom stereocenters. The van der Waals surface area contributed by atoms with Gasteiger partial charge in [0.2, 0.25) is 5.91 Å². The normalized spacial score (nSPS) is 17.8. The molecule has 7 heteroatoms. The zero-order valence-electron chi connectivity index (χ0n) is 13.9. The third-order valence-electron chi connectivity index (χ3n) is 4.04. The highest BCUT2D eigenvalue weighted by Crippen LogP contribution is 2.18. The van der Waals surface area contributed by atoms with E-state index in [0.29, 0.717) is 6.54 Å². The molecule has 0 radical (unpaired) electrons. The third-order valence-corrected chi connectivity index (χ3v) is 4.04. The van der Waals surface area contributed by atoms with E-state index in [1.54, 1.807) is 12.4 Å². The van der Waals surface area contributed by atoms with Crippen molar-refractivity contribution in [1.82, 2.24) is 25.0 Å². The maximum atomic E-state index is 11.0. The lowest BCUT2D eigenvalue weighted by molar-refractivity contribution is -0.119. The second-order valence-corrected chi connectivity index (χ2v) is 5.99. The van der Waals surface area contributed by atoms with E-state index in [4.69, 9.17) is 4.74 Å². The molecule has 0 spiro atoms. The molecule has 2 aromatic rings. The van der Waals surface area contributed by atoms with Crippen molar-refractivity contribution < 1.29 is 9.53 Å². The Balaban J connectivity index is 1.46. The van der Waals surface area contributed by atoms with Gasteiger partial charge in [0.1, 0.15) is 11.9 Å². The summed E-state index contributed by atoms with van der Waals surface area (Å²) in [6.45, 7) is 5.76. The van der Waals surface area contributed by atoms with E-state index in [2.05, 4.69) is 20.3 Å². The molecule has 0 aromatic carbocycles. The van der Waals surface area contributed by atoms with Crippen LogP contribution >= 0.6 is 0 Å². The van der Waals surface area contributed by atoms with E-state index in [0.717, 1.165) is 44.0 Å². The van der Waals surface area contributed by atoms with Gasteiger partial charge in [0, 0.05) is 51.2 Å². The number of amides is 1. The molecule has 3 rings (SSSR count). The van der Waals surface area contributed by atoms with Crippen molar-refractivity contribution in [3.05, 3.63) is 42.5 Å². The molecule has 1 amide bonds. The maximum Gasteiger partial charge on any atom is 0.217 e. The van der Waals surface area contributed by atoms with Crippen molar-refractivity contribution in [2.45, 2.75) is 32.5 Å². The van der Waals surface area contributed by atoms with Gasteiger partial charge in [-0.15, -0.1) is 0 Å². The predicted octanol–water partition coefficient (Wildman–Crippen LogP) is 1.07. The van der Waals surface area contributed by atoms with Gasteiger partial charge < -0.3 is 10.1 Å². The summed E-state index contributed by atoms with van der Waals surface area (Å²) in [6, 6.07) is 5.70. The molecule has 0 bridgehead atoms. The highest BCUT2D eigenvalue weighted by molar-refractivity contribution is 5.72. The number of carbonyl (C=O) groups excluding carboxylic acids is 1. The molecule has 1 fully saturated rings. The fourth-order valence-corrected chi connectivity index (χ4v) is 2.81. The van der Waals surface area contributed by atoms with E-state index in [1.165, 1.54) is 6.92 Å². The number of hydrogen-bond donors (Lipinski definition) is 1. The van der Waals surface area contributed by atoms with E-state index in [9.17, 15) is 4.79 Å². The summed E-state index contributed by atoms with van der Waals surface area (Å²) in [5, 5.41) is 6.97. The summed E-state index contributed by atoms with van der Waals surface area (Å²) >= 11 is 0. The molecule has 1 N–H and O–H groups in total. The molecule has 1 aliphatic heterocycles. The fourth-order valence-electron chi connectivity index (χ4n) is 2.81. The van der Waals surface area contributed by atoms with Crippen LogP contribution in [0.5, 0.6) is 5.75 Å². The Morgan fingerprint density at radius 2 is 2.33 bits per heavy atom. The van der Waals surface area contributed by atoms with Gasteiger partial charge in [0.25, 0.3) is 0 Å². The summed E-state index contributed by atoms with van der Waals surface area (Å²) in [4.78, 5) is 17.6. The Bertz CT molecular complexity index is 659. The quantitative estimate of drug-likeness (QED) is 0.822. The minimum Gasteiger partial charge on any atom is -0.489 e. The molecule has 128 valence electrons. The first-order valence-corrected chi connectivity index (χ1v) is 8.25. The van der Waals surface area contributed by atoms with Crippen molar-refractivity contribution in [3.8, 4) is 5.75 Å². The highest BCUT2D eigenvalue weighted by atomic mass is 16.5. The van der Waals surface area contributed by atoms with Gasteiger partial charge >= 0.3 is 0 Å². The summed E-state index contributed by atoms with van der Waals surface area (Å²) < 4.78 is 8.02. The molecule has 7 nitrogen and oxygen atoms in total. The number of carbonyl (C=O) groups is 1. The molecule has 2 aromatic heterocycles. The van der Waals surface area contributed by atoms with Crippen LogP contribution in [0.2, 0.25) is 0 Å². The summed E-state index contributed by atoms with van der Waals surface area (Å²) in [5.74, 6) is 0.746. The minimum absolute atomic E-state index is 0.0632. The Morgan fingerprint density at radius 1 is 1.42 bits per heavy atom. The average molecular weight is 329 g/mol. The smallest absolute Gasteiger partial charge is 0.217 e. The number of rotatable bonds is 7. The Hall–Kier alpha value is -2.41. The molecule has 1 atom stereocenters. The molecule has 1 saturated heterocycles. The lowest BCUT2D eigenvalue weighted by Gasteiger charge is -2.17. The zero-order valence-corrected chi connectivity index (χ0v) is 13.9. The number of aromatic nitrogens is 3. The van der Waals surface area contributed by atoms with Gasteiger partial charge in [0.05, 0.1) is 18.8 Å². The summed E-state index contributed by atoms with van der Waals surface area (Å²) in [5.41, 5.74) is 0.802. The van der Waals surface area contributed by atoms with E-state index in [-0.39, 0.29) is 12.0 Å². The van der Waals surface area contributed by atoms with Crippen molar-refractivity contribution in [2.24, 2.45) is 0 Å². The van der Waals surface area contributed by atoms with Crippen LogP contribution in [0.3, 0.4) is 0 Å². The van der Waals surface area contributed by atoms with Crippen LogP contribution in [-0.2, 0) is 17.9 Å². The molecular formula is C17H23N5O2. The number of hydrogen-bond acceptors (Lipinski definition) is 5. The fraction of sp³-hybridized carbons (Fsp3) is 0.471. The van der Waals surface area contributed by atoms with E-state index in [1.807, 2.05) is 29.1 Å². The van der Waals surface area contributed by atoms with Crippen molar-refractivity contribution in [3.63, 3.8) is 0 Å². The Morgan fingerprint density at radius 3 is 3.12 bits per heavy atom. The topological polar surface area (TPSA) is 72.3 Å². The van der Waals surface area contributed by atoms with Crippen LogP contribution in [0.15, 0.2) is 36.8 Å². The second-order valence-electron chi connectivity index (χ2n) is 5.99. The standard InChI is InChI=1S/C17H23N5O2/c1-14(23)19-12-15-11-16(3-6-18-15)24-17-4-8-21(13-17)9-10-22-7-2-5-20-22/h2-3,5-7,11,17H,4,8-10,12-13H2,1H3,(H,19,23). The highest BCUT2D eigenvalue weighted by Gasteiger charge is 2.23. The lowest BCUT2D eigenvalue weighted by Crippen LogP contribution is -2.28. The average Bonchev–Trinajstić information content (AvgIpc) is 3.23. The van der Waals surface area contributed by atoms with Gasteiger partial charge in [-0.2, -0.15) is 5.10 Å². The molecule has 24 heavy (non-hydrogen) atoms. The van der Waals surface area contributed by atoms with Crippen molar-refractivity contribution >= 4 is 5.91 Å². The van der Waals surface area contributed by atoms with E-state index >= 15 is 0 Å². The minimum atomic E-state index is -0.0632. The molecule has 3 heterocycles. The van der Waals surface area contributed by atoms with Crippen LogP contribution in [0.25, 0.3) is 0 Å². The SMILES string of the molecule is CC(=O)NCc1cc(OC2CCN(CCn3cccn3)C2)ccn1. The monoisotopic (exact) mass is 329 g/mol. The molecular weight excluding hydrogens is 306 g/mol. The van der Waals surface area contributed by atoms with Gasteiger partial charge in [-0.05, 0) is 18.6 Å². The number of nitrogens with zero attached hydrogens (tertiary/aromatic N) is 4. The lowest BCUT2D eigenvalue weighted by atomic mass is 10.3. The third kappa shape index (κ3) is 4.79. The number of nitrogens with one attached hydrogen (secondary N) is 1. The Kier molecular flexibility index (Phi) is 5.43. The molecule has 0 saturated carbocycles. The van der Waals surface area contributed by atoms with Crippen LogP contribution in [-0.4, -0.2) is 51.3 Å². The zero-order chi connectivity index (χ0) is 16.8. The summed E-state index contributed by atoms with van der Waals surface area (Å²) in [7, 11) is 0. The van der Waals surface area contributed by atoms with Crippen LogP contribution in [0.4, 0.5) is 0 Å². The van der Waals surface area contributed by atoms with Crippen LogP contribution in [0, 0.1) is 0 Å². The van der Waals surface area contributed by atoms with Gasteiger partial charge in [0.15, 0.2) is 0 Å². The first kappa shape index (κ1) is 16.4. The number of ether oxygens (including phenoxy) is 1. The van der Waals surface area contributed by atoms with Crippen molar-refractivity contribution in [2.75, 3.05) is 19.6 Å². The molecule has 0 aliphatic carbocycles. The largest absolute Gasteiger partial charge is 0.489 e. The van der Waals surface area contributed by atoms with Crippen LogP contribution < -0.4 is 10.1 Å². The van der Waals surface area contributed by atoms with E-state index < -0.39 is 0 Å². The molecule has 1 aliphatic rings. The van der Waals surface area contributed by atoms with Gasteiger partial charge in [-0.25, -0.2) is 0 Å².